The van der Waals surface area contributed by atoms with Crippen LogP contribution in [0.15, 0.2) is 24.3 Å². The van der Waals surface area contributed by atoms with Crippen LogP contribution in [-0.4, -0.2) is 49.7 Å². The van der Waals surface area contributed by atoms with E-state index in [1.165, 1.54) is 7.11 Å². The zero-order valence-electron chi connectivity index (χ0n) is 11.7. The molecular formula is C15H16N2O4. The van der Waals surface area contributed by atoms with Crippen molar-refractivity contribution in [2.24, 2.45) is 0 Å². The smallest absolute Gasteiger partial charge is 0.308 e. The van der Waals surface area contributed by atoms with E-state index in [0.29, 0.717) is 30.8 Å². The number of morpholine rings is 1. The average Bonchev–Trinajstić information content (AvgIpc) is 2.54. The van der Waals surface area contributed by atoms with Crippen molar-refractivity contribution in [3.63, 3.8) is 0 Å². The van der Waals surface area contributed by atoms with Gasteiger partial charge in [-0.25, -0.2) is 0 Å². The molecule has 0 N–H and O–H groups in total. The number of carbonyl (C=O) groups excluding carboxylic acids is 2. The number of hydrogen-bond donors (Lipinski definition) is 0. The van der Waals surface area contributed by atoms with E-state index in [1.54, 1.807) is 29.2 Å². The van der Waals surface area contributed by atoms with Crippen LogP contribution in [0.1, 0.15) is 22.3 Å². The van der Waals surface area contributed by atoms with E-state index in [2.05, 4.69) is 4.74 Å². The van der Waals surface area contributed by atoms with Crippen LogP contribution in [-0.2, 0) is 14.3 Å². The summed E-state index contributed by atoms with van der Waals surface area (Å²) in [4.78, 5) is 25.3. The van der Waals surface area contributed by atoms with Gasteiger partial charge < -0.3 is 14.4 Å². The molecule has 1 atom stereocenters. The van der Waals surface area contributed by atoms with E-state index in [0.717, 1.165) is 0 Å². The average molecular weight is 288 g/mol. The third-order valence-corrected chi connectivity index (χ3v) is 3.29. The fourth-order valence-electron chi connectivity index (χ4n) is 2.20. The fourth-order valence-corrected chi connectivity index (χ4v) is 2.20. The van der Waals surface area contributed by atoms with Crippen LogP contribution < -0.4 is 0 Å². The summed E-state index contributed by atoms with van der Waals surface area (Å²) in [5.41, 5.74) is 0.910. The Bertz CT molecular complexity index is 579. The molecule has 1 aliphatic heterocycles. The summed E-state index contributed by atoms with van der Waals surface area (Å²) in [6, 6.07) is 8.58. The molecule has 21 heavy (non-hydrogen) atoms. The molecule has 1 unspecified atom stereocenters. The van der Waals surface area contributed by atoms with Crippen molar-refractivity contribution in [1.82, 2.24) is 4.90 Å². The van der Waals surface area contributed by atoms with Gasteiger partial charge in [0.2, 0.25) is 0 Å². The molecule has 0 radical (unpaired) electrons. The molecule has 0 bridgehead atoms. The van der Waals surface area contributed by atoms with Gasteiger partial charge in [0, 0.05) is 18.7 Å². The number of ether oxygens (including phenoxy) is 2. The highest BCUT2D eigenvalue weighted by atomic mass is 16.5. The second kappa shape index (κ2) is 6.86. The number of rotatable bonds is 3. The molecular weight excluding hydrogens is 272 g/mol. The maximum atomic E-state index is 12.4. The number of benzene rings is 1. The number of methoxy groups -OCH3 is 1. The fraction of sp³-hybridized carbons (Fsp3) is 0.400. The highest BCUT2D eigenvalue weighted by Crippen LogP contribution is 2.14. The van der Waals surface area contributed by atoms with Gasteiger partial charge in [0.05, 0.1) is 37.9 Å². The molecule has 6 heteroatoms. The molecule has 1 aromatic rings. The molecule has 0 aromatic heterocycles. The standard InChI is InChI=1S/C15H16N2O4/c1-20-14(18)8-13-10-17(5-6-21-13)15(19)12-4-2-3-11(7-12)9-16/h2-4,7,13H,5-6,8,10H2,1H3. The molecule has 1 saturated heterocycles. The Labute approximate surface area is 122 Å². The number of nitriles is 1. The van der Waals surface area contributed by atoms with E-state index in [9.17, 15) is 9.59 Å². The van der Waals surface area contributed by atoms with Gasteiger partial charge in [-0.15, -0.1) is 0 Å². The zero-order valence-corrected chi connectivity index (χ0v) is 11.7. The highest BCUT2D eigenvalue weighted by Gasteiger charge is 2.27. The van der Waals surface area contributed by atoms with Crippen LogP contribution in [0.4, 0.5) is 0 Å². The van der Waals surface area contributed by atoms with Crippen molar-refractivity contribution in [2.75, 3.05) is 26.8 Å². The SMILES string of the molecule is COC(=O)CC1CN(C(=O)c2cccc(C#N)c2)CCO1. The Morgan fingerprint density at radius 1 is 1.52 bits per heavy atom. The quantitative estimate of drug-likeness (QED) is 0.774. The summed E-state index contributed by atoms with van der Waals surface area (Å²) >= 11 is 0. The predicted molar refractivity (Wildman–Crippen MR) is 73.4 cm³/mol. The van der Waals surface area contributed by atoms with E-state index >= 15 is 0 Å². The van der Waals surface area contributed by atoms with Crippen LogP contribution in [0, 0.1) is 11.3 Å². The lowest BCUT2D eigenvalue weighted by molar-refractivity contribution is -0.145. The molecule has 6 nitrogen and oxygen atoms in total. The van der Waals surface area contributed by atoms with Crippen LogP contribution in [0.25, 0.3) is 0 Å². The zero-order chi connectivity index (χ0) is 15.2. The number of nitrogens with zero attached hydrogens (tertiary/aromatic N) is 2. The molecule has 1 amide bonds. The Hall–Kier alpha value is -2.39. The third kappa shape index (κ3) is 3.80. The van der Waals surface area contributed by atoms with Crippen LogP contribution in [0.2, 0.25) is 0 Å². The first-order valence-corrected chi connectivity index (χ1v) is 6.62. The predicted octanol–water partition coefficient (Wildman–Crippen LogP) is 0.962. The van der Waals surface area contributed by atoms with Gasteiger partial charge in [0.1, 0.15) is 0 Å². The Balaban J connectivity index is 2.05. The van der Waals surface area contributed by atoms with E-state index in [-0.39, 0.29) is 24.4 Å². The van der Waals surface area contributed by atoms with Gasteiger partial charge in [-0.2, -0.15) is 5.26 Å². The van der Waals surface area contributed by atoms with Crippen LogP contribution >= 0.6 is 0 Å². The van der Waals surface area contributed by atoms with E-state index < -0.39 is 0 Å². The minimum absolute atomic E-state index is 0.124. The normalized spacial score (nSPS) is 17.9. The summed E-state index contributed by atoms with van der Waals surface area (Å²) in [5.74, 6) is -0.522. The number of amides is 1. The molecule has 1 heterocycles. The summed E-state index contributed by atoms with van der Waals surface area (Å²) in [5, 5.41) is 8.88. The van der Waals surface area contributed by atoms with E-state index in [4.69, 9.17) is 10.00 Å². The van der Waals surface area contributed by atoms with Crippen molar-refractivity contribution in [3.8, 4) is 6.07 Å². The van der Waals surface area contributed by atoms with Crippen molar-refractivity contribution in [2.45, 2.75) is 12.5 Å². The maximum Gasteiger partial charge on any atom is 0.308 e. The minimum Gasteiger partial charge on any atom is -0.469 e. The lowest BCUT2D eigenvalue weighted by Crippen LogP contribution is -2.46. The monoisotopic (exact) mass is 288 g/mol. The Morgan fingerprint density at radius 2 is 2.33 bits per heavy atom. The Kier molecular flexibility index (Phi) is 4.90. The first-order chi connectivity index (χ1) is 10.1. The number of carbonyl (C=O) groups is 2. The summed E-state index contributed by atoms with van der Waals surface area (Å²) < 4.78 is 10.1. The highest BCUT2D eigenvalue weighted by molar-refractivity contribution is 5.94. The Morgan fingerprint density at radius 3 is 3.05 bits per heavy atom. The van der Waals surface area contributed by atoms with Crippen molar-refractivity contribution >= 4 is 11.9 Å². The number of esters is 1. The maximum absolute atomic E-state index is 12.4. The molecule has 0 saturated carbocycles. The molecule has 1 fully saturated rings. The molecule has 0 aliphatic carbocycles. The largest absolute Gasteiger partial charge is 0.469 e. The minimum atomic E-state index is -0.360. The van der Waals surface area contributed by atoms with Gasteiger partial charge >= 0.3 is 5.97 Å². The van der Waals surface area contributed by atoms with Gasteiger partial charge in [-0.05, 0) is 18.2 Å². The molecule has 110 valence electrons. The first-order valence-electron chi connectivity index (χ1n) is 6.62. The summed E-state index contributed by atoms with van der Waals surface area (Å²) in [6.45, 7) is 1.18. The van der Waals surface area contributed by atoms with Crippen molar-refractivity contribution in [3.05, 3.63) is 35.4 Å². The summed E-state index contributed by atoms with van der Waals surface area (Å²) in [7, 11) is 1.32. The third-order valence-electron chi connectivity index (χ3n) is 3.29. The molecule has 2 rings (SSSR count). The second-order valence-electron chi connectivity index (χ2n) is 4.72. The summed E-state index contributed by atoms with van der Waals surface area (Å²) in [6.07, 6.45) is -0.229. The second-order valence-corrected chi connectivity index (χ2v) is 4.72. The van der Waals surface area contributed by atoms with Crippen LogP contribution in [0.5, 0.6) is 0 Å². The molecule has 1 aromatic carbocycles. The first kappa shape index (κ1) is 15.0. The lowest BCUT2D eigenvalue weighted by atomic mass is 10.1. The molecule has 1 aliphatic rings. The topological polar surface area (TPSA) is 79.6 Å². The van der Waals surface area contributed by atoms with Crippen LogP contribution in [0.3, 0.4) is 0 Å². The van der Waals surface area contributed by atoms with E-state index in [1.807, 2.05) is 6.07 Å². The van der Waals surface area contributed by atoms with Gasteiger partial charge in [-0.1, -0.05) is 6.07 Å². The lowest BCUT2D eigenvalue weighted by Gasteiger charge is -2.32. The van der Waals surface area contributed by atoms with Gasteiger partial charge in [-0.3, -0.25) is 9.59 Å². The van der Waals surface area contributed by atoms with Gasteiger partial charge in [0.15, 0.2) is 0 Å². The molecule has 0 spiro atoms. The van der Waals surface area contributed by atoms with Crippen molar-refractivity contribution < 1.29 is 19.1 Å². The number of hydrogen-bond acceptors (Lipinski definition) is 5. The van der Waals surface area contributed by atoms with Crippen molar-refractivity contribution in [1.29, 1.82) is 5.26 Å². The van der Waals surface area contributed by atoms with Gasteiger partial charge in [0.25, 0.3) is 5.91 Å².